The summed E-state index contributed by atoms with van der Waals surface area (Å²) in [7, 11) is 0. The van der Waals surface area contributed by atoms with Crippen molar-refractivity contribution < 1.29 is 29.3 Å². The Balaban J connectivity index is 1.28. The number of carboxylic acid groups (broad SMARTS) is 1. The number of carbonyl (C=O) groups is 2. The topological polar surface area (TPSA) is 93.1 Å². The highest BCUT2D eigenvalue weighted by Gasteiger charge is 2.51. The first-order chi connectivity index (χ1) is 20.8. The molecule has 0 amide bonds. The van der Waals surface area contributed by atoms with Gasteiger partial charge in [0.05, 0.1) is 25.2 Å². The molecule has 230 valence electrons. The number of Topliss-reactive ketones (excluding diaryl/α,β-unsaturated/α-hetero) is 1. The number of aromatic hydroxyl groups is 1. The molecule has 1 saturated carbocycles. The lowest BCUT2D eigenvalue weighted by molar-refractivity contribution is -0.138. The smallest absolute Gasteiger partial charge is 0.303 e. The Hall–Kier alpha value is -3.45. The first-order valence-electron chi connectivity index (χ1n) is 15.4. The zero-order chi connectivity index (χ0) is 30.7. The molecule has 0 aliphatic heterocycles. The van der Waals surface area contributed by atoms with Gasteiger partial charge in [-0.15, -0.1) is 0 Å². The minimum atomic E-state index is -0.721. The van der Waals surface area contributed by atoms with Gasteiger partial charge in [-0.1, -0.05) is 55.8 Å². The number of hydrogen-bond donors (Lipinski definition) is 2. The molecule has 0 aromatic heterocycles. The Morgan fingerprint density at radius 1 is 0.907 bits per heavy atom. The number of ether oxygens (including phenoxy) is 2. The predicted octanol–water partition coefficient (Wildman–Crippen LogP) is 8.45. The number of unbranched alkanes of at least 4 members (excludes halogenated alkanes) is 1. The quantitative estimate of drug-likeness (QED) is 0.105. The van der Waals surface area contributed by atoms with Crippen molar-refractivity contribution in [2.45, 2.75) is 76.9 Å². The maximum Gasteiger partial charge on any atom is 0.303 e. The first kappa shape index (κ1) is 32.5. The number of ketones is 1. The van der Waals surface area contributed by atoms with Gasteiger partial charge in [-0.25, -0.2) is 0 Å². The second-order valence-corrected chi connectivity index (χ2v) is 12.7. The molecule has 1 unspecified atom stereocenters. The number of phenols is 1. The molecule has 1 fully saturated rings. The normalized spacial score (nSPS) is 14.2. The summed E-state index contributed by atoms with van der Waals surface area (Å²) in [5.74, 6) is 1.51. The lowest BCUT2D eigenvalue weighted by Crippen LogP contribution is -2.16. The fraction of sp³-hybridized carbons (Fsp3) is 0.444. The maximum absolute atomic E-state index is 11.8. The largest absolute Gasteiger partial charge is 0.507 e. The standard InChI is InChI=1S/C36H44O6S/c1-3-10-31-32(19-18-30(26(2)37)34(31)40)42-23-9-22-41-29-16-14-28(15-17-29)35(36(20-21-36)25-33(38)39)43-24-8-7-13-27-11-5-4-6-12-27/h4-6,11-12,14-19,35,40H,3,7-10,13,20-25H2,1-2H3,(H,38,39). The number of carboxylic acids is 1. The monoisotopic (exact) mass is 604 g/mol. The Labute approximate surface area is 259 Å². The molecule has 4 rings (SSSR count). The van der Waals surface area contributed by atoms with E-state index in [0.29, 0.717) is 42.9 Å². The van der Waals surface area contributed by atoms with E-state index in [9.17, 15) is 19.8 Å². The molecule has 1 aliphatic carbocycles. The van der Waals surface area contributed by atoms with Gasteiger partial charge >= 0.3 is 5.97 Å². The summed E-state index contributed by atoms with van der Waals surface area (Å²) in [6, 6.07) is 22.1. The van der Waals surface area contributed by atoms with Gasteiger partial charge in [0, 0.05) is 17.2 Å². The van der Waals surface area contributed by atoms with E-state index in [4.69, 9.17) is 9.47 Å². The third-order valence-corrected chi connectivity index (χ3v) is 9.69. The Bertz CT molecular complexity index is 1330. The molecule has 1 aliphatic rings. The fourth-order valence-electron chi connectivity index (χ4n) is 5.60. The van der Waals surface area contributed by atoms with Crippen LogP contribution in [0.3, 0.4) is 0 Å². The molecule has 1 atom stereocenters. The zero-order valence-corrected chi connectivity index (χ0v) is 26.2. The molecular weight excluding hydrogens is 560 g/mol. The summed E-state index contributed by atoms with van der Waals surface area (Å²) in [5.41, 5.74) is 3.36. The van der Waals surface area contributed by atoms with Crippen molar-refractivity contribution in [1.29, 1.82) is 0 Å². The van der Waals surface area contributed by atoms with E-state index >= 15 is 0 Å². The minimum Gasteiger partial charge on any atom is -0.507 e. The van der Waals surface area contributed by atoms with Gasteiger partial charge in [-0.05, 0) is 92.0 Å². The van der Waals surface area contributed by atoms with Crippen LogP contribution >= 0.6 is 11.8 Å². The van der Waals surface area contributed by atoms with Gasteiger partial charge < -0.3 is 19.7 Å². The van der Waals surface area contributed by atoms with E-state index in [1.165, 1.54) is 18.1 Å². The van der Waals surface area contributed by atoms with Crippen molar-refractivity contribution in [3.05, 3.63) is 89.0 Å². The Morgan fingerprint density at radius 3 is 2.28 bits per heavy atom. The number of aryl methyl sites for hydroxylation is 1. The van der Waals surface area contributed by atoms with Gasteiger partial charge in [0.2, 0.25) is 0 Å². The molecule has 0 radical (unpaired) electrons. The van der Waals surface area contributed by atoms with Gasteiger partial charge in [-0.2, -0.15) is 11.8 Å². The van der Waals surface area contributed by atoms with E-state index in [2.05, 4.69) is 36.4 Å². The molecule has 0 bridgehead atoms. The van der Waals surface area contributed by atoms with Crippen molar-refractivity contribution in [2.75, 3.05) is 19.0 Å². The highest BCUT2D eigenvalue weighted by Crippen LogP contribution is 2.62. The summed E-state index contributed by atoms with van der Waals surface area (Å²) in [6.07, 6.45) is 7.52. The van der Waals surface area contributed by atoms with Crippen molar-refractivity contribution in [3.63, 3.8) is 0 Å². The lowest BCUT2D eigenvalue weighted by Gasteiger charge is -2.26. The lowest BCUT2D eigenvalue weighted by atomic mass is 9.92. The number of phenolic OH excluding ortho intramolecular Hbond substituents is 1. The summed E-state index contributed by atoms with van der Waals surface area (Å²) in [4.78, 5) is 23.5. The number of aliphatic carboxylic acids is 1. The van der Waals surface area contributed by atoms with Crippen molar-refractivity contribution in [3.8, 4) is 17.2 Å². The number of carbonyl (C=O) groups excluding carboxylic acids is 1. The average Bonchev–Trinajstić information content (AvgIpc) is 3.76. The van der Waals surface area contributed by atoms with Crippen LogP contribution in [0.2, 0.25) is 0 Å². The van der Waals surface area contributed by atoms with Crippen LogP contribution in [-0.4, -0.2) is 40.9 Å². The van der Waals surface area contributed by atoms with E-state index in [1.807, 2.05) is 36.9 Å². The molecule has 0 spiro atoms. The third kappa shape index (κ3) is 9.27. The first-order valence-corrected chi connectivity index (χ1v) is 16.5. The van der Waals surface area contributed by atoms with E-state index in [-0.39, 0.29) is 28.6 Å². The van der Waals surface area contributed by atoms with Gasteiger partial charge in [0.25, 0.3) is 0 Å². The van der Waals surface area contributed by atoms with Crippen LogP contribution in [0.4, 0.5) is 0 Å². The van der Waals surface area contributed by atoms with Crippen LogP contribution in [0.15, 0.2) is 66.7 Å². The zero-order valence-electron chi connectivity index (χ0n) is 25.3. The van der Waals surface area contributed by atoms with Gasteiger partial charge in [-0.3, -0.25) is 9.59 Å². The Morgan fingerprint density at radius 2 is 1.63 bits per heavy atom. The number of thioether (sulfide) groups is 1. The van der Waals surface area contributed by atoms with Crippen LogP contribution in [0.25, 0.3) is 0 Å². The summed E-state index contributed by atoms with van der Waals surface area (Å²) >= 11 is 1.90. The van der Waals surface area contributed by atoms with Gasteiger partial charge in [0.15, 0.2) is 5.78 Å². The van der Waals surface area contributed by atoms with E-state index < -0.39 is 5.97 Å². The third-order valence-electron chi connectivity index (χ3n) is 8.06. The molecule has 6 nitrogen and oxygen atoms in total. The number of hydrogen-bond acceptors (Lipinski definition) is 6. The number of benzene rings is 3. The Kier molecular flexibility index (Phi) is 12.0. The SMILES string of the molecule is CCCc1c(OCCCOc2ccc(C(SCCCCc3ccccc3)C3(CC(=O)O)CC3)cc2)ccc(C(C)=O)c1O. The van der Waals surface area contributed by atoms with Crippen LogP contribution in [0.5, 0.6) is 17.2 Å². The molecule has 3 aromatic carbocycles. The number of rotatable bonds is 19. The second-order valence-electron chi connectivity index (χ2n) is 11.5. The molecule has 0 saturated heterocycles. The van der Waals surface area contributed by atoms with E-state index in [0.717, 1.165) is 50.0 Å². The summed E-state index contributed by atoms with van der Waals surface area (Å²) < 4.78 is 11.9. The molecule has 2 N–H and O–H groups in total. The van der Waals surface area contributed by atoms with Crippen LogP contribution in [-0.2, 0) is 17.6 Å². The minimum absolute atomic E-state index is 0.0168. The highest BCUT2D eigenvalue weighted by molar-refractivity contribution is 7.99. The van der Waals surface area contributed by atoms with Crippen molar-refractivity contribution >= 4 is 23.5 Å². The van der Waals surface area contributed by atoms with Gasteiger partial charge in [0.1, 0.15) is 17.2 Å². The average molecular weight is 605 g/mol. The van der Waals surface area contributed by atoms with Crippen molar-refractivity contribution in [1.82, 2.24) is 0 Å². The molecule has 43 heavy (non-hydrogen) atoms. The highest BCUT2D eigenvalue weighted by atomic mass is 32.2. The second kappa shape index (κ2) is 15.9. The predicted molar refractivity (Wildman–Crippen MR) is 173 cm³/mol. The molecule has 0 heterocycles. The van der Waals surface area contributed by atoms with Crippen LogP contribution < -0.4 is 9.47 Å². The molecule has 3 aromatic rings. The van der Waals surface area contributed by atoms with Crippen LogP contribution in [0.1, 0.15) is 91.1 Å². The fourth-order valence-corrected chi connectivity index (χ4v) is 7.22. The summed E-state index contributed by atoms with van der Waals surface area (Å²) in [5, 5.41) is 20.3. The molecular formula is C36H44O6S. The van der Waals surface area contributed by atoms with Crippen LogP contribution in [0, 0.1) is 5.41 Å². The van der Waals surface area contributed by atoms with Crippen molar-refractivity contribution in [2.24, 2.45) is 5.41 Å². The van der Waals surface area contributed by atoms with E-state index in [1.54, 1.807) is 12.1 Å². The summed E-state index contributed by atoms with van der Waals surface area (Å²) in [6.45, 7) is 4.37. The maximum atomic E-state index is 11.8. The molecule has 7 heteroatoms.